The molecule has 2 radical (unpaired) electrons. The summed E-state index contributed by atoms with van der Waals surface area (Å²) in [5, 5.41) is 17.7. The van der Waals surface area contributed by atoms with Crippen molar-refractivity contribution >= 4 is 19.4 Å². The van der Waals surface area contributed by atoms with E-state index in [1.807, 2.05) is 13.0 Å². The van der Waals surface area contributed by atoms with Gasteiger partial charge in [-0.15, -0.1) is 10.6 Å². The molecular formula is C26H36BFN6O. The van der Waals surface area contributed by atoms with Crippen molar-refractivity contribution in [3.05, 3.63) is 46.3 Å². The number of aromatic nitrogens is 4. The molecule has 0 fully saturated rings. The maximum atomic E-state index is 14.7. The number of likely N-dealkylation sites (N-methyl/N-ethyl adjacent to an activating group) is 1. The summed E-state index contributed by atoms with van der Waals surface area (Å²) in [6.45, 7) is 8.54. The van der Waals surface area contributed by atoms with Gasteiger partial charge in [-0.1, -0.05) is 18.9 Å². The summed E-state index contributed by atoms with van der Waals surface area (Å²) < 4.78 is 20.6. The van der Waals surface area contributed by atoms with E-state index in [1.165, 1.54) is 5.56 Å². The number of nitrogens with zero attached hydrogens (tertiary/aromatic N) is 6. The third kappa shape index (κ3) is 5.20. The van der Waals surface area contributed by atoms with Gasteiger partial charge in [0.1, 0.15) is 13.7 Å². The first kappa shape index (κ1) is 25.5. The average molecular weight is 478 g/mol. The van der Waals surface area contributed by atoms with Gasteiger partial charge in [0.05, 0.1) is 11.4 Å². The van der Waals surface area contributed by atoms with Gasteiger partial charge in [-0.05, 0) is 76.2 Å². The van der Waals surface area contributed by atoms with Crippen LogP contribution in [0.1, 0.15) is 81.1 Å². The summed E-state index contributed by atoms with van der Waals surface area (Å²) in [4.78, 5) is 4.33. The van der Waals surface area contributed by atoms with Crippen LogP contribution in [-0.2, 0) is 5.41 Å². The van der Waals surface area contributed by atoms with E-state index in [-0.39, 0.29) is 11.2 Å². The van der Waals surface area contributed by atoms with Crippen molar-refractivity contribution in [3.8, 4) is 0 Å². The molecule has 0 saturated carbocycles. The molecule has 2 aliphatic rings. The quantitative estimate of drug-likeness (QED) is 0.484. The van der Waals surface area contributed by atoms with Crippen LogP contribution < -0.4 is 4.90 Å². The molecule has 0 aromatic carbocycles. The maximum Gasteiger partial charge on any atom is 0.318 e. The van der Waals surface area contributed by atoms with E-state index in [0.29, 0.717) is 53.9 Å². The van der Waals surface area contributed by atoms with E-state index >= 15 is 0 Å². The lowest BCUT2D eigenvalue weighted by Crippen LogP contribution is -2.46. The highest BCUT2D eigenvalue weighted by Gasteiger charge is 2.42. The molecule has 2 aromatic rings. The summed E-state index contributed by atoms with van der Waals surface area (Å²) in [6, 6.07) is 2.58. The molecule has 0 saturated heterocycles. The molecule has 186 valence electrons. The van der Waals surface area contributed by atoms with Crippen molar-refractivity contribution in [2.45, 2.75) is 70.6 Å². The van der Waals surface area contributed by atoms with Crippen molar-refractivity contribution in [1.82, 2.24) is 25.3 Å². The highest BCUT2D eigenvalue weighted by molar-refractivity contribution is 6.26. The van der Waals surface area contributed by atoms with Crippen LogP contribution in [0, 0.1) is 6.92 Å². The maximum absolute atomic E-state index is 14.7. The number of halogens is 1. The molecule has 0 bridgehead atoms. The van der Waals surface area contributed by atoms with Crippen molar-refractivity contribution in [3.63, 3.8) is 0 Å². The van der Waals surface area contributed by atoms with Crippen molar-refractivity contribution in [1.29, 1.82) is 0 Å². The van der Waals surface area contributed by atoms with Gasteiger partial charge < -0.3 is 14.2 Å². The van der Waals surface area contributed by atoms with Crippen LogP contribution in [0.3, 0.4) is 0 Å². The first-order valence-corrected chi connectivity index (χ1v) is 12.7. The molecule has 9 heteroatoms. The number of aryl methyl sites for hydroxylation is 1. The highest BCUT2D eigenvalue weighted by atomic mass is 19.1. The molecule has 0 N–H and O–H groups in total. The van der Waals surface area contributed by atoms with Gasteiger partial charge in [-0.3, -0.25) is 0 Å². The van der Waals surface area contributed by atoms with E-state index < -0.39 is 0 Å². The molecule has 0 unspecified atom stereocenters. The zero-order chi connectivity index (χ0) is 25.2. The second-order valence-corrected chi connectivity index (χ2v) is 10.1. The van der Waals surface area contributed by atoms with Crippen LogP contribution in [0.15, 0.2) is 27.9 Å². The van der Waals surface area contributed by atoms with E-state index in [1.54, 1.807) is 6.08 Å². The number of allylic oxidation sites excluding steroid dienone is 4. The van der Waals surface area contributed by atoms with Gasteiger partial charge in [0.2, 0.25) is 5.89 Å². The lowest BCUT2D eigenvalue weighted by Gasteiger charge is -2.43. The van der Waals surface area contributed by atoms with Crippen LogP contribution >= 0.6 is 0 Å². The van der Waals surface area contributed by atoms with Gasteiger partial charge in [0.15, 0.2) is 0 Å². The number of anilines is 1. The van der Waals surface area contributed by atoms with Gasteiger partial charge in [0, 0.05) is 37.5 Å². The van der Waals surface area contributed by atoms with Crippen molar-refractivity contribution in [2.24, 2.45) is 0 Å². The van der Waals surface area contributed by atoms with Gasteiger partial charge in [-0.2, -0.15) is 10.2 Å². The largest absolute Gasteiger partial charge is 0.408 e. The van der Waals surface area contributed by atoms with Crippen LogP contribution in [-0.4, -0.2) is 66.9 Å². The minimum atomic E-state index is -0.296. The molecule has 0 aliphatic heterocycles. The lowest BCUT2D eigenvalue weighted by molar-refractivity contribution is 0.297. The first-order valence-electron chi connectivity index (χ1n) is 12.7. The number of hydrogen-bond donors (Lipinski definition) is 0. The van der Waals surface area contributed by atoms with E-state index in [9.17, 15) is 4.39 Å². The van der Waals surface area contributed by atoms with Crippen LogP contribution in [0.2, 0.25) is 0 Å². The summed E-state index contributed by atoms with van der Waals surface area (Å²) in [6.07, 6.45) is 6.78. The predicted molar refractivity (Wildman–Crippen MR) is 137 cm³/mol. The topological polar surface area (TPSA) is 71.2 Å². The number of hydrogen-bond acceptors (Lipinski definition) is 7. The molecule has 4 rings (SSSR count). The molecule has 35 heavy (non-hydrogen) atoms. The third-order valence-corrected chi connectivity index (χ3v) is 7.56. The monoisotopic (exact) mass is 478 g/mol. The zero-order valence-corrected chi connectivity index (χ0v) is 21.6. The zero-order valence-electron chi connectivity index (χ0n) is 21.6. The van der Waals surface area contributed by atoms with E-state index in [0.717, 1.165) is 44.5 Å². The second kappa shape index (κ2) is 10.6. The van der Waals surface area contributed by atoms with Crippen LogP contribution in [0.25, 0.3) is 5.57 Å². The van der Waals surface area contributed by atoms with E-state index in [2.05, 4.69) is 53.0 Å². The standard InChI is InChI=1S/C26H36BFN6O/c1-6-18-11-12-26(7-2,16-34(14-13-33(4)5)25-32-29-17(3)35-25)24-19(18)15-22(30-31-24)23-20(27)9-8-10-21(23)28/h10,15,18H,6-9,11-14,16H2,1-5H3/t18-,26+/m0/s1. The first-order chi connectivity index (χ1) is 16.8. The molecular weight excluding hydrogens is 442 g/mol. The smallest absolute Gasteiger partial charge is 0.318 e. The molecule has 0 spiro atoms. The normalized spacial score (nSPS) is 22.4. The molecule has 2 aliphatic carbocycles. The second-order valence-electron chi connectivity index (χ2n) is 10.1. The Labute approximate surface area is 209 Å². The minimum absolute atomic E-state index is 0.220. The highest BCUT2D eigenvalue weighted by Crippen LogP contribution is 2.46. The van der Waals surface area contributed by atoms with Gasteiger partial charge in [-0.25, -0.2) is 4.39 Å². The Morgan fingerprint density at radius 3 is 2.60 bits per heavy atom. The molecule has 2 aromatic heterocycles. The summed E-state index contributed by atoms with van der Waals surface area (Å²) in [5.74, 6) is 0.612. The SMILES string of the molecule is [B]C1=C(c2cc3c(nn2)[C@@](CC)(CN(CCN(C)C)c2nnc(C)o2)CC[C@@H]3CC)C(F)=CCC1. The summed E-state index contributed by atoms with van der Waals surface area (Å²) >= 11 is 0. The summed E-state index contributed by atoms with van der Waals surface area (Å²) in [7, 11) is 10.3. The molecule has 2 atom stereocenters. The Morgan fingerprint density at radius 1 is 1.17 bits per heavy atom. The van der Waals surface area contributed by atoms with Crippen LogP contribution in [0.4, 0.5) is 10.4 Å². The predicted octanol–water partition coefficient (Wildman–Crippen LogP) is 4.70. The Bertz CT molecular complexity index is 1110. The summed E-state index contributed by atoms with van der Waals surface area (Å²) in [5.41, 5.74) is 3.44. The Morgan fingerprint density at radius 2 is 1.97 bits per heavy atom. The minimum Gasteiger partial charge on any atom is -0.408 e. The van der Waals surface area contributed by atoms with E-state index in [4.69, 9.17) is 17.4 Å². The van der Waals surface area contributed by atoms with Crippen LogP contribution in [0.5, 0.6) is 0 Å². The Balaban J connectivity index is 1.75. The number of fused-ring (bicyclic) bond motifs is 1. The fraction of sp³-hybridized carbons (Fsp3) is 0.615. The Hall–Kier alpha value is -2.55. The van der Waals surface area contributed by atoms with Crippen molar-refractivity contribution in [2.75, 3.05) is 38.6 Å². The lowest BCUT2D eigenvalue weighted by atomic mass is 9.66. The number of rotatable bonds is 9. The fourth-order valence-corrected chi connectivity index (χ4v) is 5.37. The fourth-order valence-electron chi connectivity index (χ4n) is 5.37. The molecule has 2 heterocycles. The third-order valence-electron chi connectivity index (χ3n) is 7.56. The van der Waals surface area contributed by atoms with Gasteiger partial charge >= 0.3 is 6.01 Å². The van der Waals surface area contributed by atoms with Gasteiger partial charge in [0.25, 0.3) is 0 Å². The average Bonchev–Trinajstić information content (AvgIpc) is 3.27. The Kier molecular flexibility index (Phi) is 7.74. The van der Waals surface area contributed by atoms with Crippen molar-refractivity contribution < 1.29 is 8.81 Å². The molecule has 0 amide bonds. The molecule has 7 nitrogen and oxygen atoms in total.